The zero-order valence-corrected chi connectivity index (χ0v) is 18.2. The van der Waals surface area contributed by atoms with E-state index in [1.54, 1.807) is 18.3 Å². The fraction of sp³-hybridized carbons (Fsp3) is 0.273. The van der Waals surface area contributed by atoms with Crippen LogP contribution in [0.2, 0.25) is 0 Å². The minimum atomic E-state index is -3.40. The lowest BCUT2D eigenvalue weighted by Gasteiger charge is -2.27. The molecule has 0 aliphatic carbocycles. The first kappa shape index (κ1) is 21.2. The molecule has 0 unspecified atom stereocenters. The fourth-order valence-corrected chi connectivity index (χ4v) is 4.06. The highest BCUT2D eigenvalue weighted by atomic mass is 32.2. The Balaban J connectivity index is 1.62. The van der Waals surface area contributed by atoms with Crippen molar-refractivity contribution in [2.75, 3.05) is 42.6 Å². The number of hydrogen-bond acceptors (Lipinski definition) is 7. The molecule has 0 amide bonds. The number of aromatic nitrogens is 2. The summed E-state index contributed by atoms with van der Waals surface area (Å²) in [5.74, 6) is 0.438. The van der Waals surface area contributed by atoms with Crippen molar-refractivity contribution in [1.82, 2.24) is 14.9 Å². The van der Waals surface area contributed by atoms with Crippen molar-refractivity contribution in [3.8, 4) is 0 Å². The van der Waals surface area contributed by atoms with Crippen molar-refractivity contribution in [2.24, 2.45) is 0 Å². The van der Waals surface area contributed by atoms with Crippen LogP contribution in [0.15, 0.2) is 49.2 Å². The number of benzene rings is 2. The zero-order chi connectivity index (χ0) is 21.8. The molecule has 0 saturated carbocycles. The third-order valence-corrected chi connectivity index (χ3v) is 5.51. The highest BCUT2D eigenvalue weighted by Gasteiger charge is 2.13. The zero-order valence-electron chi connectivity index (χ0n) is 17.3. The van der Waals surface area contributed by atoms with Crippen LogP contribution >= 0.6 is 0 Å². The van der Waals surface area contributed by atoms with Gasteiger partial charge in [0.2, 0.25) is 16.0 Å². The Labute approximate surface area is 182 Å². The summed E-state index contributed by atoms with van der Waals surface area (Å²) in [4.78, 5) is 11.3. The minimum absolute atomic E-state index is 0.438. The second-order valence-electron chi connectivity index (χ2n) is 7.52. The molecule has 9 heteroatoms. The number of ether oxygens (including phenoxy) is 1. The number of nitrogens with one attached hydrogen (secondary N) is 2. The lowest BCUT2D eigenvalue weighted by Crippen LogP contribution is -2.35. The van der Waals surface area contributed by atoms with Gasteiger partial charge in [0.25, 0.3) is 0 Å². The molecule has 1 aliphatic rings. The van der Waals surface area contributed by atoms with E-state index in [4.69, 9.17) is 4.74 Å². The fourth-order valence-electron chi connectivity index (χ4n) is 3.51. The Morgan fingerprint density at radius 3 is 2.68 bits per heavy atom. The van der Waals surface area contributed by atoms with Gasteiger partial charge in [-0.2, -0.15) is 0 Å². The molecule has 162 valence electrons. The van der Waals surface area contributed by atoms with Gasteiger partial charge in [0.15, 0.2) is 0 Å². The Kier molecular flexibility index (Phi) is 6.17. The van der Waals surface area contributed by atoms with Gasteiger partial charge in [0.1, 0.15) is 0 Å². The van der Waals surface area contributed by atoms with Gasteiger partial charge in [-0.15, -0.1) is 0 Å². The third kappa shape index (κ3) is 5.78. The highest BCUT2D eigenvalue weighted by molar-refractivity contribution is 7.92. The first-order chi connectivity index (χ1) is 14.9. The molecule has 1 saturated heterocycles. The smallest absolute Gasteiger partial charge is 0.229 e. The number of fused-ring (bicyclic) bond motifs is 1. The van der Waals surface area contributed by atoms with Crippen LogP contribution in [0.25, 0.3) is 17.0 Å². The lowest BCUT2D eigenvalue weighted by atomic mass is 10.1. The second kappa shape index (κ2) is 9.01. The summed E-state index contributed by atoms with van der Waals surface area (Å²) >= 11 is 0. The van der Waals surface area contributed by atoms with E-state index in [1.165, 1.54) is 0 Å². The summed E-state index contributed by atoms with van der Waals surface area (Å²) in [7, 11) is -3.40. The van der Waals surface area contributed by atoms with E-state index in [2.05, 4.69) is 31.5 Å². The van der Waals surface area contributed by atoms with Gasteiger partial charge < -0.3 is 10.1 Å². The van der Waals surface area contributed by atoms with E-state index < -0.39 is 10.0 Å². The average molecular weight is 440 g/mol. The van der Waals surface area contributed by atoms with Gasteiger partial charge in [-0.25, -0.2) is 18.4 Å². The van der Waals surface area contributed by atoms with Crippen LogP contribution in [0.4, 0.5) is 17.3 Å². The minimum Gasteiger partial charge on any atom is -0.379 e. The molecule has 0 bridgehead atoms. The van der Waals surface area contributed by atoms with Gasteiger partial charge in [0.05, 0.1) is 30.7 Å². The van der Waals surface area contributed by atoms with Crippen molar-refractivity contribution in [3.63, 3.8) is 0 Å². The van der Waals surface area contributed by atoms with Crippen LogP contribution in [-0.4, -0.2) is 55.8 Å². The summed E-state index contributed by atoms with van der Waals surface area (Å²) < 4.78 is 31.5. The third-order valence-electron chi connectivity index (χ3n) is 4.90. The lowest BCUT2D eigenvalue weighted by molar-refractivity contribution is 0.0342. The molecule has 1 aliphatic heterocycles. The maximum absolute atomic E-state index is 11.8. The molecule has 31 heavy (non-hydrogen) atoms. The summed E-state index contributed by atoms with van der Waals surface area (Å²) in [5.41, 5.74) is 3.99. The quantitative estimate of drug-likeness (QED) is 0.583. The topological polar surface area (TPSA) is 96.5 Å². The van der Waals surface area contributed by atoms with E-state index in [0.717, 1.165) is 41.4 Å². The molecule has 4 rings (SSSR count). The van der Waals surface area contributed by atoms with Gasteiger partial charge >= 0.3 is 0 Å². The Hall–Kier alpha value is -3.01. The van der Waals surface area contributed by atoms with Crippen molar-refractivity contribution >= 4 is 44.3 Å². The predicted octanol–water partition coefficient (Wildman–Crippen LogP) is 3.22. The van der Waals surface area contributed by atoms with E-state index >= 15 is 0 Å². The molecular formula is C22H25N5O3S. The Morgan fingerprint density at radius 1 is 1.16 bits per heavy atom. The molecule has 8 nitrogen and oxygen atoms in total. The van der Waals surface area contributed by atoms with Gasteiger partial charge in [-0.3, -0.25) is 9.62 Å². The Bertz CT molecular complexity index is 1210. The molecule has 1 fully saturated rings. The normalized spacial score (nSPS) is 15.0. The summed E-state index contributed by atoms with van der Waals surface area (Å²) in [6, 6.07) is 11.4. The molecule has 2 N–H and O–H groups in total. The van der Waals surface area contributed by atoms with Gasteiger partial charge in [0, 0.05) is 36.9 Å². The summed E-state index contributed by atoms with van der Waals surface area (Å²) in [6.45, 7) is 7.56. The monoisotopic (exact) mass is 439 g/mol. The summed E-state index contributed by atoms with van der Waals surface area (Å²) in [6.07, 6.45) is 4.67. The van der Waals surface area contributed by atoms with Crippen molar-refractivity contribution in [1.29, 1.82) is 0 Å². The standard InChI is InChI=1S/C22H25N5O3S/c1-3-16-4-5-21-18(10-16)14-23-22(25-21)24-19-11-17(15-27-6-8-30-9-7-27)12-20(13-19)26-31(2,28)29/h3-5,10-14,26H,1,6-9,15H2,2H3,(H,23,24,25). The molecule has 3 aromatic rings. The molecule has 1 aromatic heterocycles. The average Bonchev–Trinajstić information content (AvgIpc) is 2.72. The number of hydrogen-bond donors (Lipinski definition) is 2. The van der Waals surface area contributed by atoms with Gasteiger partial charge in [-0.05, 0) is 41.5 Å². The van der Waals surface area contributed by atoms with Crippen molar-refractivity contribution < 1.29 is 13.2 Å². The van der Waals surface area contributed by atoms with Crippen molar-refractivity contribution in [2.45, 2.75) is 6.54 Å². The Morgan fingerprint density at radius 2 is 1.94 bits per heavy atom. The maximum Gasteiger partial charge on any atom is 0.229 e. The highest BCUT2D eigenvalue weighted by Crippen LogP contribution is 2.24. The molecule has 0 atom stereocenters. The van der Waals surface area contributed by atoms with Crippen molar-refractivity contribution in [3.05, 3.63) is 60.3 Å². The number of nitrogens with zero attached hydrogens (tertiary/aromatic N) is 3. The largest absolute Gasteiger partial charge is 0.379 e. The predicted molar refractivity (Wildman–Crippen MR) is 124 cm³/mol. The first-order valence-corrected chi connectivity index (χ1v) is 11.9. The van der Waals surface area contributed by atoms with Crippen LogP contribution in [0.5, 0.6) is 0 Å². The number of morpholine rings is 1. The van der Waals surface area contributed by atoms with Gasteiger partial charge in [-0.1, -0.05) is 18.7 Å². The second-order valence-corrected chi connectivity index (χ2v) is 9.27. The van der Waals surface area contributed by atoms with Crippen LogP contribution in [-0.2, 0) is 21.3 Å². The van der Waals surface area contributed by atoms with E-state index in [0.29, 0.717) is 37.1 Å². The van der Waals surface area contributed by atoms with Crippen LogP contribution in [0.1, 0.15) is 11.1 Å². The van der Waals surface area contributed by atoms with Crippen LogP contribution < -0.4 is 10.0 Å². The molecule has 0 spiro atoms. The van der Waals surface area contributed by atoms with Crippen LogP contribution in [0.3, 0.4) is 0 Å². The van der Waals surface area contributed by atoms with E-state index in [9.17, 15) is 8.42 Å². The molecule has 0 radical (unpaired) electrons. The first-order valence-electron chi connectivity index (χ1n) is 9.96. The molecular weight excluding hydrogens is 414 g/mol. The molecule has 2 heterocycles. The number of anilines is 3. The van der Waals surface area contributed by atoms with Crippen LogP contribution in [0, 0.1) is 0 Å². The number of rotatable bonds is 7. The maximum atomic E-state index is 11.8. The summed E-state index contributed by atoms with van der Waals surface area (Å²) in [5, 5.41) is 4.13. The van der Waals surface area contributed by atoms with E-state index in [-0.39, 0.29) is 0 Å². The number of sulfonamides is 1. The SMILES string of the molecule is C=Cc1ccc2nc(Nc3cc(CN4CCOCC4)cc(NS(C)(=O)=O)c3)ncc2c1. The van der Waals surface area contributed by atoms with E-state index in [1.807, 2.05) is 30.3 Å². The molecule has 2 aromatic carbocycles.